The summed E-state index contributed by atoms with van der Waals surface area (Å²) in [5, 5.41) is 19.0. The lowest BCUT2D eigenvalue weighted by Crippen LogP contribution is -2.11. The fourth-order valence-electron chi connectivity index (χ4n) is 2.97. The molecule has 1 unspecified atom stereocenters. The van der Waals surface area contributed by atoms with Gasteiger partial charge in [0.2, 0.25) is 0 Å². The van der Waals surface area contributed by atoms with Crippen molar-refractivity contribution in [1.29, 1.82) is 0 Å². The maximum atomic E-state index is 10.3. The molecule has 1 aromatic heterocycles. The quantitative estimate of drug-likeness (QED) is 0.928. The lowest BCUT2D eigenvalue weighted by Gasteiger charge is -2.23. The third-order valence-electron chi connectivity index (χ3n) is 4.12. The minimum absolute atomic E-state index is 0.490. The first-order valence-electron chi connectivity index (χ1n) is 7.48. The Morgan fingerprint density at radius 3 is 2.65 bits per heavy atom. The summed E-state index contributed by atoms with van der Waals surface area (Å²) >= 11 is 0. The molecule has 1 aromatic carbocycles. The van der Waals surface area contributed by atoms with Crippen molar-refractivity contribution in [2.75, 3.05) is 0 Å². The van der Waals surface area contributed by atoms with Crippen molar-refractivity contribution in [2.45, 2.75) is 44.6 Å². The molecule has 1 atom stereocenters. The highest BCUT2D eigenvalue weighted by Crippen LogP contribution is 2.31. The second-order valence-electron chi connectivity index (χ2n) is 5.65. The van der Waals surface area contributed by atoms with E-state index in [1.807, 2.05) is 30.3 Å². The van der Waals surface area contributed by atoms with Crippen LogP contribution >= 0.6 is 0 Å². The minimum atomic E-state index is -0.490. The molecule has 0 radical (unpaired) electrons. The van der Waals surface area contributed by atoms with Gasteiger partial charge in [0, 0.05) is 0 Å². The zero-order valence-corrected chi connectivity index (χ0v) is 11.7. The molecule has 1 heterocycles. The van der Waals surface area contributed by atoms with Crippen molar-refractivity contribution in [3.05, 3.63) is 42.2 Å². The lowest BCUT2D eigenvalue weighted by molar-refractivity contribution is 0.127. The van der Waals surface area contributed by atoms with Crippen molar-refractivity contribution in [3.8, 4) is 5.69 Å². The van der Waals surface area contributed by atoms with Crippen molar-refractivity contribution >= 4 is 0 Å². The van der Waals surface area contributed by atoms with E-state index in [2.05, 4.69) is 10.2 Å². The number of nitrogens with zero attached hydrogens (tertiary/aromatic N) is 3. The molecule has 0 aliphatic heterocycles. The largest absolute Gasteiger partial charge is 0.387 e. The molecule has 106 valence electrons. The first-order chi connectivity index (χ1) is 9.83. The molecule has 1 N–H and O–H groups in total. The Bertz CT molecular complexity index is 532. The third kappa shape index (κ3) is 3.07. The van der Waals surface area contributed by atoms with Crippen LogP contribution in [-0.4, -0.2) is 20.1 Å². The van der Waals surface area contributed by atoms with Gasteiger partial charge < -0.3 is 5.11 Å². The summed E-state index contributed by atoms with van der Waals surface area (Å²) in [4.78, 5) is 1.58. The fraction of sp³-hybridized carbons (Fsp3) is 0.500. The van der Waals surface area contributed by atoms with Crippen LogP contribution in [0.25, 0.3) is 5.69 Å². The molecule has 0 spiro atoms. The molecule has 3 rings (SSSR count). The van der Waals surface area contributed by atoms with E-state index in [0.717, 1.165) is 12.1 Å². The van der Waals surface area contributed by atoms with Crippen LogP contribution < -0.4 is 0 Å². The molecule has 0 amide bonds. The number of aliphatic hydroxyl groups is 1. The van der Waals surface area contributed by atoms with Gasteiger partial charge in [-0.2, -0.15) is 15.0 Å². The predicted molar refractivity (Wildman–Crippen MR) is 77.5 cm³/mol. The Balaban J connectivity index is 1.66. The summed E-state index contributed by atoms with van der Waals surface area (Å²) < 4.78 is 0. The van der Waals surface area contributed by atoms with Crippen LogP contribution in [0.2, 0.25) is 0 Å². The topological polar surface area (TPSA) is 50.9 Å². The summed E-state index contributed by atoms with van der Waals surface area (Å²) in [5.41, 5.74) is 1.60. The van der Waals surface area contributed by atoms with Crippen LogP contribution in [-0.2, 0) is 0 Å². The molecular formula is C16H21N3O. The molecule has 1 saturated carbocycles. The van der Waals surface area contributed by atoms with Gasteiger partial charge in [-0.05, 0) is 24.5 Å². The summed E-state index contributed by atoms with van der Waals surface area (Å²) in [6, 6.07) is 9.79. The number of hydrogen-bond donors (Lipinski definition) is 1. The van der Waals surface area contributed by atoms with Crippen LogP contribution in [0.15, 0.2) is 36.5 Å². The van der Waals surface area contributed by atoms with Gasteiger partial charge in [0.1, 0.15) is 5.69 Å². The molecule has 1 aliphatic rings. The summed E-state index contributed by atoms with van der Waals surface area (Å²) in [6.07, 6.45) is 8.43. The van der Waals surface area contributed by atoms with Gasteiger partial charge >= 0.3 is 0 Å². The summed E-state index contributed by atoms with van der Waals surface area (Å²) in [7, 11) is 0. The van der Waals surface area contributed by atoms with Crippen LogP contribution in [0, 0.1) is 5.92 Å². The lowest BCUT2D eigenvalue weighted by atomic mass is 9.85. The van der Waals surface area contributed by atoms with Crippen molar-refractivity contribution < 1.29 is 5.11 Å². The Labute approximate surface area is 119 Å². The minimum Gasteiger partial charge on any atom is -0.387 e. The molecule has 0 bridgehead atoms. The maximum Gasteiger partial charge on any atom is 0.112 e. The summed E-state index contributed by atoms with van der Waals surface area (Å²) in [6.45, 7) is 0. The van der Waals surface area contributed by atoms with Gasteiger partial charge in [-0.25, -0.2) is 0 Å². The zero-order chi connectivity index (χ0) is 13.8. The van der Waals surface area contributed by atoms with Gasteiger partial charge in [-0.1, -0.05) is 50.3 Å². The Morgan fingerprint density at radius 2 is 1.90 bits per heavy atom. The van der Waals surface area contributed by atoms with Gasteiger partial charge in [0.05, 0.1) is 18.0 Å². The van der Waals surface area contributed by atoms with Gasteiger partial charge in [0.25, 0.3) is 0 Å². The van der Waals surface area contributed by atoms with E-state index in [4.69, 9.17) is 0 Å². The van der Waals surface area contributed by atoms with Crippen LogP contribution in [0.4, 0.5) is 0 Å². The van der Waals surface area contributed by atoms with E-state index in [1.54, 1.807) is 11.0 Å². The van der Waals surface area contributed by atoms with E-state index in [1.165, 1.54) is 32.1 Å². The number of aromatic nitrogens is 3. The first-order valence-corrected chi connectivity index (χ1v) is 7.48. The second-order valence-corrected chi connectivity index (χ2v) is 5.65. The van der Waals surface area contributed by atoms with E-state index in [9.17, 15) is 5.11 Å². The smallest absolute Gasteiger partial charge is 0.112 e. The number of para-hydroxylation sites is 1. The SMILES string of the molecule is OC(CC1CCCCC1)c1cnn(-c2ccccc2)n1. The average Bonchev–Trinajstić information content (AvgIpc) is 2.99. The van der Waals surface area contributed by atoms with Crippen LogP contribution in [0.1, 0.15) is 50.3 Å². The molecular weight excluding hydrogens is 250 g/mol. The molecule has 4 nitrogen and oxygen atoms in total. The molecule has 0 saturated heterocycles. The van der Waals surface area contributed by atoms with Gasteiger partial charge in [0.15, 0.2) is 0 Å². The second kappa shape index (κ2) is 6.18. The number of rotatable bonds is 4. The van der Waals surface area contributed by atoms with E-state index in [0.29, 0.717) is 11.6 Å². The number of hydrogen-bond acceptors (Lipinski definition) is 3. The summed E-state index contributed by atoms with van der Waals surface area (Å²) in [5.74, 6) is 0.639. The highest BCUT2D eigenvalue weighted by molar-refractivity contribution is 5.28. The molecule has 2 aromatic rings. The van der Waals surface area contributed by atoms with Crippen LogP contribution in [0.5, 0.6) is 0 Å². The molecule has 1 aliphatic carbocycles. The normalized spacial score (nSPS) is 18.1. The number of benzene rings is 1. The van der Waals surface area contributed by atoms with E-state index < -0.39 is 6.10 Å². The first kappa shape index (κ1) is 13.3. The average molecular weight is 271 g/mol. The number of aliphatic hydroxyl groups excluding tert-OH is 1. The van der Waals surface area contributed by atoms with E-state index in [-0.39, 0.29) is 0 Å². The zero-order valence-electron chi connectivity index (χ0n) is 11.7. The molecule has 4 heteroatoms. The Kier molecular flexibility index (Phi) is 4.11. The predicted octanol–water partition coefficient (Wildman–Crippen LogP) is 3.27. The Hall–Kier alpha value is -1.68. The maximum absolute atomic E-state index is 10.3. The van der Waals surface area contributed by atoms with Crippen LogP contribution in [0.3, 0.4) is 0 Å². The van der Waals surface area contributed by atoms with Gasteiger partial charge in [-0.3, -0.25) is 0 Å². The standard InChI is InChI=1S/C16H21N3O/c20-16(11-13-7-3-1-4-8-13)15-12-17-19(18-15)14-9-5-2-6-10-14/h2,5-6,9-10,12-13,16,20H,1,3-4,7-8,11H2. The monoisotopic (exact) mass is 271 g/mol. The highest BCUT2D eigenvalue weighted by atomic mass is 16.3. The van der Waals surface area contributed by atoms with E-state index >= 15 is 0 Å². The third-order valence-corrected chi connectivity index (χ3v) is 4.12. The van der Waals surface area contributed by atoms with Crippen molar-refractivity contribution in [3.63, 3.8) is 0 Å². The highest BCUT2D eigenvalue weighted by Gasteiger charge is 2.20. The fourth-order valence-corrected chi connectivity index (χ4v) is 2.97. The van der Waals surface area contributed by atoms with Gasteiger partial charge in [-0.15, -0.1) is 0 Å². The molecule has 20 heavy (non-hydrogen) atoms. The molecule has 1 fully saturated rings. The Morgan fingerprint density at radius 1 is 1.15 bits per heavy atom. The van der Waals surface area contributed by atoms with Crippen molar-refractivity contribution in [1.82, 2.24) is 15.0 Å². The van der Waals surface area contributed by atoms with Crippen molar-refractivity contribution in [2.24, 2.45) is 5.92 Å².